The largest absolute Gasteiger partial charge is 0.368 e. The molecule has 0 spiro atoms. The number of nitrogens with two attached hydrogens (primary N) is 1. The van der Waals surface area contributed by atoms with Gasteiger partial charge in [0, 0.05) is 29.5 Å². The number of hydrogen-bond acceptors (Lipinski definition) is 4. The number of aromatic nitrogens is 4. The summed E-state index contributed by atoms with van der Waals surface area (Å²) in [5, 5.41) is 4.14. The maximum absolute atomic E-state index is 5.57. The third-order valence-electron chi connectivity index (χ3n) is 1.76. The summed E-state index contributed by atoms with van der Waals surface area (Å²) in [6, 6.07) is 1.89. The molecule has 0 atom stereocenters. The molecule has 6 heteroatoms. The molecule has 2 aromatic rings. The SMILES string of the molecule is Cn1nc(-c2cncc(Br)c2)nc1N. The zero-order valence-electron chi connectivity index (χ0n) is 7.48. The van der Waals surface area contributed by atoms with Gasteiger partial charge >= 0.3 is 0 Å². The number of nitrogen functional groups attached to an aromatic ring is 1. The van der Waals surface area contributed by atoms with E-state index in [1.807, 2.05) is 6.07 Å². The molecule has 2 aromatic heterocycles. The third-order valence-corrected chi connectivity index (χ3v) is 2.19. The van der Waals surface area contributed by atoms with Crippen molar-refractivity contribution in [2.24, 2.45) is 7.05 Å². The van der Waals surface area contributed by atoms with Crippen LogP contribution in [0.3, 0.4) is 0 Å². The molecule has 0 aliphatic heterocycles. The Kier molecular flexibility index (Phi) is 2.20. The summed E-state index contributed by atoms with van der Waals surface area (Å²) in [6.45, 7) is 0. The molecule has 72 valence electrons. The van der Waals surface area contributed by atoms with Gasteiger partial charge in [0.25, 0.3) is 0 Å². The van der Waals surface area contributed by atoms with Crippen molar-refractivity contribution in [3.63, 3.8) is 0 Å². The lowest BCUT2D eigenvalue weighted by molar-refractivity contribution is 0.780. The van der Waals surface area contributed by atoms with Crippen LogP contribution in [0.25, 0.3) is 11.4 Å². The van der Waals surface area contributed by atoms with Crippen LogP contribution in [0.2, 0.25) is 0 Å². The van der Waals surface area contributed by atoms with E-state index < -0.39 is 0 Å². The average molecular weight is 254 g/mol. The zero-order chi connectivity index (χ0) is 10.1. The van der Waals surface area contributed by atoms with Gasteiger partial charge in [-0.05, 0) is 22.0 Å². The van der Waals surface area contributed by atoms with Crippen LogP contribution in [-0.2, 0) is 7.05 Å². The lowest BCUT2D eigenvalue weighted by atomic mass is 10.3. The highest BCUT2D eigenvalue weighted by molar-refractivity contribution is 9.10. The van der Waals surface area contributed by atoms with E-state index in [9.17, 15) is 0 Å². The van der Waals surface area contributed by atoms with Crippen LogP contribution in [0, 0.1) is 0 Å². The van der Waals surface area contributed by atoms with Crippen LogP contribution in [0.15, 0.2) is 22.9 Å². The van der Waals surface area contributed by atoms with Gasteiger partial charge in [-0.1, -0.05) is 0 Å². The fourth-order valence-electron chi connectivity index (χ4n) is 1.05. The quantitative estimate of drug-likeness (QED) is 0.830. The molecule has 0 unspecified atom stereocenters. The molecular weight excluding hydrogens is 246 g/mol. The van der Waals surface area contributed by atoms with Gasteiger partial charge in [0.2, 0.25) is 5.95 Å². The Morgan fingerprint density at radius 2 is 2.21 bits per heavy atom. The van der Waals surface area contributed by atoms with Crippen molar-refractivity contribution in [1.29, 1.82) is 0 Å². The maximum Gasteiger partial charge on any atom is 0.218 e. The molecule has 2 heterocycles. The topological polar surface area (TPSA) is 69.6 Å². The molecule has 0 bridgehead atoms. The highest BCUT2D eigenvalue weighted by Gasteiger charge is 2.06. The Morgan fingerprint density at radius 1 is 1.43 bits per heavy atom. The van der Waals surface area contributed by atoms with Crippen LogP contribution < -0.4 is 5.73 Å². The normalized spacial score (nSPS) is 10.4. The Bertz CT molecular complexity index is 445. The first-order chi connectivity index (χ1) is 6.66. The maximum atomic E-state index is 5.57. The molecule has 0 aromatic carbocycles. The first-order valence-electron chi connectivity index (χ1n) is 3.94. The summed E-state index contributed by atoms with van der Waals surface area (Å²) in [5.74, 6) is 0.971. The van der Waals surface area contributed by atoms with E-state index >= 15 is 0 Å². The first-order valence-corrected chi connectivity index (χ1v) is 4.73. The summed E-state index contributed by atoms with van der Waals surface area (Å²) in [4.78, 5) is 8.11. The molecule has 5 nitrogen and oxygen atoms in total. The van der Waals surface area contributed by atoms with E-state index in [0.29, 0.717) is 11.8 Å². The predicted octanol–water partition coefficient (Wildman–Crippen LogP) is 1.22. The van der Waals surface area contributed by atoms with Gasteiger partial charge in [-0.15, -0.1) is 5.10 Å². The second-order valence-corrected chi connectivity index (χ2v) is 3.72. The number of pyridine rings is 1. The van der Waals surface area contributed by atoms with Gasteiger partial charge in [-0.3, -0.25) is 4.98 Å². The number of hydrogen-bond donors (Lipinski definition) is 1. The van der Waals surface area contributed by atoms with E-state index in [-0.39, 0.29) is 0 Å². The van der Waals surface area contributed by atoms with Crippen LogP contribution in [-0.4, -0.2) is 19.7 Å². The molecule has 0 saturated heterocycles. The lowest BCUT2D eigenvalue weighted by Crippen LogP contribution is -1.97. The predicted molar refractivity (Wildman–Crippen MR) is 56.3 cm³/mol. The van der Waals surface area contributed by atoms with Crippen LogP contribution in [0.1, 0.15) is 0 Å². The molecule has 0 amide bonds. The van der Waals surface area contributed by atoms with E-state index in [4.69, 9.17) is 5.73 Å². The minimum absolute atomic E-state index is 0.389. The molecular formula is C8H8BrN5. The number of anilines is 1. The van der Waals surface area contributed by atoms with Crippen molar-refractivity contribution in [2.75, 3.05) is 5.73 Å². The van der Waals surface area contributed by atoms with Crippen molar-refractivity contribution >= 4 is 21.9 Å². The highest BCUT2D eigenvalue weighted by atomic mass is 79.9. The second-order valence-electron chi connectivity index (χ2n) is 2.81. The molecule has 2 rings (SSSR count). The van der Waals surface area contributed by atoms with E-state index in [1.165, 1.54) is 4.68 Å². The van der Waals surface area contributed by atoms with E-state index in [0.717, 1.165) is 10.0 Å². The molecule has 0 fully saturated rings. The summed E-state index contributed by atoms with van der Waals surface area (Å²) in [7, 11) is 1.75. The highest BCUT2D eigenvalue weighted by Crippen LogP contribution is 2.18. The minimum Gasteiger partial charge on any atom is -0.368 e. The van der Waals surface area contributed by atoms with Crippen molar-refractivity contribution < 1.29 is 0 Å². The molecule has 0 aliphatic rings. The Labute approximate surface area is 89.1 Å². The van der Waals surface area contributed by atoms with Crippen LogP contribution in [0.4, 0.5) is 5.95 Å². The fourth-order valence-corrected chi connectivity index (χ4v) is 1.42. The van der Waals surface area contributed by atoms with E-state index in [2.05, 4.69) is 31.0 Å². The third kappa shape index (κ3) is 1.60. The molecule has 0 saturated carbocycles. The summed E-state index contributed by atoms with van der Waals surface area (Å²) >= 11 is 3.33. The number of rotatable bonds is 1. The van der Waals surface area contributed by atoms with Gasteiger partial charge < -0.3 is 5.73 Å². The van der Waals surface area contributed by atoms with Gasteiger partial charge in [0.1, 0.15) is 0 Å². The van der Waals surface area contributed by atoms with Crippen molar-refractivity contribution in [2.45, 2.75) is 0 Å². The molecule has 2 N–H and O–H groups in total. The Morgan fingerprint density at radius 3 is 2.79 bits per heavy atom. The van der Waals surface area contributed by atoms with Crippen LogP contribution in [0.5, 0.6) is 0 Å². The Hall–Kier alpha value is -1.43. The van der Waals surface area contributed by atoms with Crippen molar-refractivity contribution in [3.05, 3.63) is 22.9 Å². The lowest BCUT2D eigenvalue weighted by Gasteiger charge is -1.93. The zero-order valence-corrected chi connectivity index (χ0v) is 9.06. The molecule has 14 heavy (non-hydrogen) atoms. The van der Waals surface area contributed by atoms with Gasteiger partial charge in [0.05, 0.1) is 0 Å². The number of halogens is 1. The average Bonchev–Trinajstić information content (AvgIpc) is 2.47. The van der Waals surface area contributed by atoms with Gasteiger partial charge in [-0.2, -0.15) is 4.98 Å². The van der Waals surface area contributed by atoms with Gasteiger partial charge in [0.15, 0.2) is 5.82 Å². The monoisotopic (exact) mass is 253 g/mol. The summed E-state index contributed by atoms with van der Waals surface area (Å²) < 4.78 is 2.41. The number of nitrogens with zero attached hydrogens (tertiary/aromatic N) is 4. The second kappa shape index (κ2) is 3.38. The molecule has 0 aliphatic carbocycles. The van der Waals surface area contributed by atoms with Gasteiger partial charge in [-0.25, -0.2) is 4.68 Å². The smallest absolute Gasteiger partial charge is 0.218 e. The minimum atomic E-state index is 0.389. The fraction of sp³-hybridized carbons (Fsp3) is 0.125. The summed E-state index contributed by atoms with van der Waals surface area (Å²) in [5.41, 5.74) is 6.41. The Balaban J connectivity index is 2.49. The molecule has 0 radical (unpaired) electrons. The van der Waals surface area contributed by atoms with Crippen molar-refractivity contribution in [3.8, 4) is 11.4 Å². The van der Waals surface area contributed by atoms with E-state index in [1.54, 1.807) is 19.4 Å². The number of aryl methyl sites for hydroxylation is 1. The standard InChI is InChI=1S/C8H8BrN5/c1-14-8(10)12-7(13-14)5-2-6(9)4-11-3-5/h2-4H,1H3,(H2,10,12,13). The van der Waals surface area contributed by atoms with Crippen molar-refractivity contribution in [1.82, 2.24) is 19.7 Å². The summed E-state index contributed by atoms with van der Waals surface area (Å²) in [6.07, 6.45) is 3.40. The van der Waals surface area contributed by atoms with Crippen LogP contribution >= 0.6 is 15.9 Å². The first kappa shape index (κ1) is 9.14.